The maximum absolute atomic E-state index is 12.8. The average Bonchev–Trinajstić information content (AvgIpc) is 3.12. The number of carbonyl (C=O) groups excluding carboxylic acids is 1. The van der Waals surface area contributed by atoms with Crippen molar-refractivity contribution in [2.75, 3.05) is 33.3 Å². The number of rotatable bonds is 5. The Morgan fingerprint density at radius 1 is 1.14 bits per heavy atom. The molecule has 0 bridgehead atoms. The zero-order chi connectivity index (χ0) is 19.5. The molecule has 0 spiro atoms. The molecule has 1 aromatic carbocycles. The van der Waals surface area contributed by atoms with Gasteiger partial charge in [0.25, 0.3) is 0 Å². The third-order valence-corrected chi connectivity index (χ3v) is 6.71. The van der Waals surface area contributed by atoms with Gasteiger partial charge in [-0.1, -0.05) is 12.1 Å². The van der Waals surface area contributed by atoms with Gasteiger partial charge in [0, 0.05) is 19.5 Å². The number of nitrogens with one attached hydrogen (secondary N) is 1. The van der Waals surface area contributed by atoms with Crippen molar-refractivity contribution in [2.45, 2.75) is 44.3 Å². The Kier molecular flexibility index (Phi) is 7.66. The number of methoxy groups -OCH3 is 1. The normalized spacial score (nSPS) is 29.7. The summed E-state index contributed by atoms with van der Waals surface area (Å²) in [5.74, 6) is 2.94. The van der Waals surface area contributed by atoms with Crippen molar-refractivity contribution in [1.29, 1.82) is 0 Å². The van der Waals surface area contributed by atoms with Crippen molar-refractivity contribution in [3.63, 3.8) is 0 Å². The van der Waals surface area contributed by atoms with E-state index in [1.807, 2.05) is 29.2 Å². The van der Waals surface area contributed by atoms with E-state index in [9.17, 15) is 9.90 Å². The number of ether oxygens (including phenoxy) is 2. The number of aliphatic hydroxyl groups is 1. The van der Waals surface area contributed by atoms with Gasteiger partial charge in [0.05, 0.1) is 13.2 Å². The Labute approximate surface area is 179 Å². The SMILES string of the molecule is COc1ccccc1O[C@@H]1C[C@@H]2CN(C(=O)CC3CCNCC3)C[C@@H]2C[C@H]1O.Cl. The fourth-order valence-electron chi connectivity index (χ4n) is 5.06. The van der Waals surface area contributed by atoms with E-state index >= 15 is 0 Å². The number of aliphatic hydroxyl groups excluding tert-OH is 1. The molecule has 4 atom stereocenters. The summed E-state index contributed by atoms with van der Waals surface area (Å²) in [5.41, 5.74) is 0. The maximum atomic E-state index is 12.8. The van der Waals surface area contributed by atoms with Gasteiger partial charge in [0.15, 0.2) is 11.5 Å². The standard InChI is InChI=1S/C22H32N2O4.ClH/c1-27-19-4-2-3-5-20(19)28-21-12-17-14-24(13-16(17)11-18(21)25)22(26)10-15-6-8-23-9-7-15;/h2-5,15-18,21,23,25H,6-14H2,1H3;1H/t16-,17+,18+,21+;/m0./s1. The summed E-state index contributed by atoms with van der Waals surface area (Å²) < 4.78 is 11.5. The fraction of sp³-hybridized carbons (Fsp3) is 0.682. The van der Waals surface area contributed by atoms with E-state index < -0.39 is 6.10 Å². The minimum Gasteiger partial charge on any atom is -0.493 e. The van der Waals surface area contributed by atoms with Gasteiger partial charge in [-0.3, -0.25) is 4.79 Å². The number of fused-ring (bicyclic) bond motifs is 1. The molecular weight excluding hydrogens is 392 g/mol. The van der Waals surface area contributed by atoms with Gasteiger partial charge in [-0.25, -0.2) is 0 Å². The predicted molar refractivity (Wildman–Crippen MR) is 114 cm³/mol. The lowest BCUT2D eigenvalue weighted by Crippen LogP contribution is -2.42. The smallest absolute Gasteiger partial charge is 0.222 e. The monoisotopic (exact) mass is 424 g/mol. The summed E-state index contributed by atoms with van der Waals surface area (Å²) in [4.78, 5) is 14.8. The summed E-state index contributed by atoms with van der Waals surface area (Å²) in [5, 5.41) is 14.0. The van der Waals surface area contributed by atoms with Gasteiger partial charge in [0.1, 0.15) is 6.10 Å². The highest BCUT2D eigenvalue weighted by molar-refractivity contribution is 5.85. The van der Waals surface area contributed by atoms with Gasteiger partial charge in [-0.2, -0.15) is 0 Å². The molecule has 29 heavy (non-hydrogen) atoms. The van der Waals surface area contributed by atoms with Crippen LogP contribution in [0.2, 0.25) is 0 Å². The number of benzene rings is 1. The molecule has 6 nitrogen and oxygen atoms in total. The minimum absolute atomic E-state index is 0. The highest BCUT2D eigenvalue weighted by Gasteiger charge is 2.44. The van der Waals surface area contributed by atoms with Crippen LogP contribution in [0.5, 0.6) is 11.5 Å². The summed E-state index contributed by atoms with van der Waals surface area (Å²) in [6.07, 6.45) is 3.58. The lowest BCUT2D eigenvalue weighted by atomic mass is 9.78. The number of para-hydroxylation sites is 2. The van der Waals surface area contributed by atoms with Crippen LogP contribution < -0.4 is 14.8 Å². The fourth-order valence-corrected chi connectivity index (χ4v) is 5.06. The molecule has 2 saturated heterocycles. The van der Waals surface area contributed by atoms with Crippen molar-refractivity contribution in [2.24, 2.45) is 17.8 Å². The molecule has 2 aliphatic heterocycles. The maximum Gasteiger partial charge on any atom is 0.222 e. The summed E-state index contributed by atoms with van der Waals surface area (Å²) >= 11 is 0. The Balaban J connectivity index is 0.00000240. The Bertz CT molecular complexity index is 683. The summed E-state index contributed by atoms with van der Waals surface area (Å²) in [6, 6.07) is 7.56. The Morgan fingerprint density at radius 2 is 1.79 bits per heavy atom. The highest BCUT2D eigenvalue weighted by Crippen LogP contribution is 2.39. The van der Waals surface area contributed by atoms with Crippen LogP contribution in [0.15, 0.2) is 24.3 Å². The molecule has 0 radical (unpaired) electrons. The average molecular weight is 425 g/mol. The number of halogens is 1. The van der Waals surface area contributed by atoms with Crippen LogP contribution in [-0.2, 0) is 4.79 Å². The number of hydrogen-bond acceptors (Lipinski definition) is 5. The molecule has 3 fully saturated rings. The largest absolute Gasteiger partial charge is 0.493 e. The van der Waals surface area contributed by atoms with Crippen molar-refractivity contribution in [1.82, 2.24) is 10.2 Å². The minimum atomic E-state index is -0.509. The number of amides is 1. The van der Waals surface area contributed by atoms with Crippen LogP contribution >= 0.6 is 12.4 Å². The van der Waals surface area contributed by atoms with Crippen molar-refractivity contribution in [3.05, 3.63) is 24.3 Å². The van der Waals surface area contributed by atoms with E-state index in [0.717, 1.165) is 45.4 Å². The Hall–Kier alpha value is -1.50. The highest BCUT2D eigenvalue weighted by atomic mass is 35.5. The first-order valence-corrected chi connectivity index (χ1v) is 10.6. The van der Waals surface area contributed by atoms with Crippen LogP contribution in [0.1, 0.15) is 32.1 Å². The van der Waals surface area contributed by atoms with E-state index in [4.69, 9.17) is 9.47 Å². The van der Waals surface area contributed by atoms with Gasteiger partial charge in [-0.05, 0) is 68.7 Å². The number of nitrogens with zero attached hydrogens (tertiary/aromatic N) is 1. The van der Waals surface area contributed by atoms with Gasteiger partial charge in [-0.15, -0.1) is 12.4 Å². The van der Waals surface area contributed by atoms with Crippen LogP contribution in [0, 0.1) is 17.8 Å². The zero-order valence-electron chi connectivity index (χ0n) is 17.1. The van der Waals surface area contributed by atoms with E-state index in [2.05, 4.69) is 5.32 Å². The van der Waals surface area contributed by atoms with Crippen molar-refractivity contribution < 1.29 is 19.4 Å². The predicted octanol–water partition coefficient (Wildman–Crippen LogP) is 2.48. The van der Waals surface area contributed by atoms with Crippen molar-refractivity contribution in [3.8, 4) is 11.5 Å². The molecule has 0 unspecified atom stereocenters. The number of piperidine rings is 1. The second-order valence-corrected chi connectivity index (χ2v) is 8.56. The Morgan fingerprint density at radius 3 is 2.48 bits per heavy atom. The molecule has 7 heteroatoms. The summed E-state index contributed by atoms with van der Waals surface area (Å²) in [6.45, 7) is 3.63. The zero-order valence-corrected chi connectivity index (χ0v) is 17.9. The van der Waals surface area contributed by atoms with Gasteiger partial charge in [0.2, 0.25) is 5.91 Å². The second kappa shape index (κ2) is 10.0. The number of hydrogen-bond donors (Lipinski definition) is 2. The molecule has 2 heterocycles. The van der Waals surface area contributed by atoms with E-state index in [-0.39, 0.29) is 24.4 Å². The van der Waals surface area contributed by atoms with E-state index in [1.165, 1.54) is 0 Å². The quantitative estimate of drug-likeness (QED) is 0.759. The lowest BCUT2D eigenvalue weighted by Gasteiger charge is -2.35. The molecule has 1 aromatic rings. The number of likely N-dealkylation sites (tertiary alicyclic amines) is 1. The first-order chi connectivity index (χ1) is 13.6. The molecule has 0 aromatic heterocycles. The number of carbonyl (C=O) groups is 1. The van der Waals surface area contributed by atoms with Crippen LogP contribution in [-0.4, -0.2) is 61.4 Å². The summed E-state index contributed by atoms with van der Waals surface area (Å²) in [7, 11) is 1.62. The first-order valence-electron chi connectivity index (χ1n) is 10.6. The molecule has 3 aliphatic rings. The second-order valence-electron chi connectivity index (χ2n) is 8.56. The van der Waals surface area contributed by atoms with E-state index in [0.29, 0.717) is 42.1 Å². The van der Waals surface area contributed by atoms with Gasteiger partial charge < -0.3 is 24.8 Å². The van der Waals surface area contributed by atoms with Crippen LogP contribution in [0.25, 0.3) is 0 Å². The molecule has 2 N–H and O–H groups in total. The van der Waals surface area contributed by atoms with E-state index in [1.54, 1.807) is 7.11 Å². The van der Waals surface area contributed by atoms with Crippen LogP contribution in [0.3, 0.4) is 0 Å². The molecule has 1 aliphatic carbocycles. The third kappa shape index (κ3) is 5.16. The molecule has 1 amide bonds. The molecule has 4 rings (SSSR count). The topological polar surface area (TPSA) is 71.0 Å². The molecular formula is C22H33ClN2O4. The van der Waals surface area contributed by atoms with Crippen molar-refractivity contribution >= 4 is 18.3 Å². The third-order valence-electron chi connectivity index (χ3n) is 6.71. The molecule has 162 valence electrons. The van der Waals surface area contributed by atoms with Crippen LogP contribution in [0.4, 0.5) is 0 Å². The first kappa shape index (κ1) is 22.2. The lowest BCUT2D eigenvalue weighted by molar-refractivity contribution is -0.131. The molecule has 1 saturated carbocycles. The van der Waals surface area contributed by atoms with Gasteiger partial charge >= 0.3 is 0 Å².